The molecule has 128 valence electrons. The Hall–Kier alpha value is -1.57. The van der Waals surface area contributed by atoms with Crippen molar-refractivity contribution in [3.63, 3.8) is 0 Å². The molecule has 1 aliphatic rings. The summed E-state index contributed by atoms with van der Waals surface area (Å²) in [5.74, 6) is -0.295. The molecule has 1 amide bonds. The third kappa shape index (κ3) is 3.22. The Kier molecular flexibility index (Phi) is 4.49. The number of alkyl halides is 3. The van der Waals surface area contributed by atoms with Gasteiger partial charge < -0.3 is 4.90 Å². The van der Waals surface area contributed by atoms with Gasteiger partial charge in [0, 0.05) is 13.0 Å². The highest BCUT2D eigenvalue weighted by molar-refractivity contribution is 7.92. The van der Waals surface area contributed by atoms with Crippen LogP contribution in [0.2, 0.25) is 0 Å². The van der Waals surface area contributed by atoms with E-state index in [4.69, 9.17) is 0 Å². The van der Waals surface area contributed by atoms with Crippen molar-refractivity contribution in [2.24, 2.45) is 0 Å². The van der Waals surface area contributed by atoms with E-state index in [9.17, 15) is 26.4 Å². The molecule has 0 spiro atoms. The van der Waals surface area contributed by atoms with Crippen LogP contribution in [0.4, 0.5) is 13.2 Å². The van der Waals surface area contributed by atoms with Crippen LogP contribution in [0.3, 0.4) is 0 Å². The summed E-state index contributed by atoms with van der Waals surface area (Å²) < 4.78 is 64.1. The standard InChI is InChI=1S/C15H18F3NO3S/c1-14(2,19-9-4-3-8-13(19)20)23(21,22)12-7-5-6-11(10-12)15(16,17)18/h5-7,10H,3-4,8-9H2,1-2H3. The summed E-state index contributed by atoms with van der Waals surface area (Å²) in [6.45, 7) is 2.99. The maximum atomic E-state index is 12.8. The molecule has 23 heavy (non-hydrogen) atoms. The summed E-state index contributed by atoms with van der Waals surface area (Å²) >= 11 is 0. The lowest BCUT2D eigenvalue weighted by Gasteiger charge is -2.40. The summed E-state index contributed by atoms with van der Waals surface area (Å²) in [5.41, 5.74) is -1.03. The SMILES string of the molecule is CC(C)(N1CCCCC1=O)S(=O)(=O)c1cccc(C(F)(F)F)c1. The smallest absolute Gasteiger partial charge is 0.323 e. The quantitative estimate of drug-likeness (QED) is 0.842. The molecule has 0 radical (unpaired) electrons. The van der Waals surface area contributed by atoms with Gasteiger partial charge in [-0.2, -0.15) is 13.2 Å². The molecule has 0 aliphatic carbocycles. The molecule has 2 rings (SSSR count). The molecule has 1 aromatic carbocycles. The van der Waals surface area contributed by atoms with Crippen LogP contribution in [0.25, 0.3) is 0 Å². The second kappa shape index (κ2) is 5.81. The van der Waals surface area contributed by atoms with Gasteiger partial charge in [-0.15, -0.1) is 0 Å². The number of rotatable bonds is 3. The Morgan fingerprint density at radius 3 is 2.35 bits per heavy atom. The fourth-order valence-electron chi connectivity index (χ4n) is 2.65. The number of benzene rings is 1. The zero-order valence-electron chi connectivity index (χ0n) is 12.9. The molecule has 8 heteroatoms. The largest absolute Gasteiger partial charge is 0.416 e. The molecule has 1 aromatic rings. The normalized spacial score (nSPS) is 17.4. The molecule has 1 aliphatic heterocycles. The zero-order valence-corrected chi connectivity index (χ0v) is 13.7. The maximum Gasteiger partial charge on any atom is 0.416 e. The molecule has 1 fully saturated rings. The van der Waals surface area contributed by atoms with Gasteiger partial charge >= 0.3 is 6.18 Å². The van der Waals surface area contributed by atoms with Crippen molar-refractivity contribution >= 4 is 15.7 Å². The van der Waals surface area contributed by atoms with Gasteiger partial charge in [0.2, 0.25) is 15.7 Å². The third-order valence-electron chi connectivity index (χ3n) is 4.10. The lowest BCUT2D eigenvalue weighted by molar-refractivity contribution is -0.138. The second-order valence-corrected chi connectivity index (χ2v) is 8.46. The molecule has 0 saturated carbocycles. The first kappa shape index (κ1) is 17.8. The predicted octanol–water partition coefficient (Wildman–Crippen LogP) is 3.23. The van der Waals surface area contributed by atoms with Crippen LogP contribution in [0.15, 0.2) is 29.2 Å². The van der Waals surface area contributed by atoms with E-state index in [-0.39, 0.29) is 18.9 Å². The van der Waals surface area contributed by atoms with Crippen LogP contribution in [0, 0.1) is 0 Å². The highest BCUT2D eigenvalue weighted by Gasteiger charge is 2.44. The Morgan fingerprint density at radius 2 is 1.78 bits per heavy atom. The first-order valence-corrected chi connectivity index (χ1v) is 8.68. The van der Waals surface area contributed by atoms with Crippen LogP contribution >= 0.6 is 0 Å². The van der Waals surface area contributed by atoms with Crippen LogP contribution in [-0.2, 0) is 20.8 Å². The molecule has 0 N–H and O–H groups in total. The Morgan fingerprint density at radius 1 is 1.13 bits per heavy atom. The van der Waals surface area contributed by atoms with Gasteiger partial charge in [0.05, 0.1) is 10.5 Å². The number of amides is 1. The fraction of sp³-hybridized carbons (Fsp3) is 0.533. The molecule has 0 aromatic heterocycles. The van der Waals surface area contributed by atoms with E-state index < -0.39 is 31.3 Å². The Balaban J connectivity index is 2.46. The van der Waals surface area contributed by atoms with Gasteiger partial charge in [-0.3, -0.25) is 4.79 Å². The van der Waals surface area contributed by atoms with E-state index in [0.717, 1.165) is 18.2 Å². The summed E-state index contributed by atoms with van der Waals surface area (Å²) in [5, 5.41) is 0. The maximum absolute atomic E-state index is 12.8. The van der Waals surface area contributed by atoms with Crippen molar-refractivity contribution in [3.05, 3.63) is 29.8 Å². The van der Waals surface area contributed by atoms with Gasteiger partial charge in [0.15, 0.2) is 0 Å². The van der Waals surface area contributed by atoms with Gasteiger partial charge in [-0.25, -0.2) is 8.42 Å². The van der Waals surface area contributed by atoms with Crippen LogP contribution in [0.5, 0.6) is 0 Å². The molecule has 0 bridgehead atoms. The number of hydrogen-bond acceptors (Lipinski definition) is 3. The number of piperidine rings is 1. The topological polar surface area (TPSA) is 54.5 Å². The molecule has 1 heterocycles. The van der Waals surface area contributed by atoms with Gasteiger partial charge in [-0.1, -0.05) is 6.07 Å². The minimum atomic E-state index is -4.63. The second-order valence-electron chi connectivity index (χ2n) is 5.98. The number of carbonyl (C=O) groups is 1. The summed E-state index contributed by atoms with van der Waals surface area (Å²) in [7, 11) is -4.15. The van der Waals surface area contributed by atoms with E-state index in [0.29, 0.717) is 18.9 Å². The van der Waals surface area contributed by atoms with E-state index in [1.54, 1.807) is 0 Å². The number of halogens is 3. The lowest BCUT2D eigenvalue weighted by Crippen LogP contribution is -2.54. The average molecular weight is 349 g/mol. The van der Waals surface area contributed by atoms with Gasteiger partial charge in [0.1, 0.15) is 4.87 Å². The first-order valence-electron chi connectivity index (χ1n) is 7.20. The summed E-state index contributed by atoms with van der Waals surface area (Å²) in [6.07, 6.45) is -3.01. The molecule has 0 atom stereocenters. The van der Waals surface area contributed by atoms with Gasteiger partial charge in [0.25, 0.3) is 0 Å². The molecule has 4 nitrogen and oxygen atoms in total. The predicted molar refractivity (Wildman–Crippen MR) is 78.3 cm³/mol. The highest BCUT2D eigenvalue weighted by atomic mass is 32.2. The van der Waals surface area contributed by atoms with Crippen LogP contribution < -0.4 is 0 Å². The minimum Gasteiger partial charge on any atom is -0.323 e. The van der Waals surface area contributed by atoms with Crippen LogP contribution in [-0.4, -0.2) is 30.6 Å². The summed E-state index contributed by atoms with van der Waals surface area (Å²) in [6, 6.07) is 3.62. The molecule has 0 unspecified atom stereocenters. The number of nitrogens with zero attached hydrogens (tertiary/aromatic N) is 1. The monoisotopic (exact) mass is 349 g/mol. The fourth-order valence-corrected chi connectivity index (χ4v) is 4.25. The van der Waals surface area contributed by atoms with Crippen LogP contribution in [0.1, 0.15) is 38.7 Å². The highest BCUT2D eigenvalue weighted by Crippen LogP contribution is 2.35. The first-order chi connectivity index (χ1) is 10.5. The van der Waals surface area contributed by atoms with E-state index >= 15 is 0 Å². The number of carbonyl (C=O) groups excluding carboxylic acids is 1. The molecular formula is C15H18F3NO3S. The third-order valence-corrected chi connectivity index (χ3v) is 6.51. The van der Waals surface area contributed by atoms with E-state index in [1.807, 2.05) is 0 Å². The average Bonchev–Trinajstić information content (AvgIpc) is 2.46. The lowest BCUT2D eigenvalue weighted by atomic mass is 10.1. The van der Waals surface area contributed by atoms with Crippen molar-refractivity contribution in [2.45, 2.75) is 49.1 Å². The number of likely N-dealkylation sites (tertiary alicyclic amines) is 1. The number of hydrogen-bond donors (Lipinski definition) is 0. The Labute approximate surface area is 133 Å². The molecule has 1 saturated heterocycles. The Bertz CT molecular complexity index is 711. The summed E-state index contributed by atoms with van der Waals surface area (Å²) in [4.78, 5) is 11.2. The van der Waals surface area contributed by atoms with Gasteiger partial charge in [-0.05, 0) is 44.9 Å². The zero-order chi connectivity index (χ0) is 17.5. The van der Waals surface area contributed by atoms with Crippen molar-refractivity contribution < 1.29 is 26.4 Å². The minimum absolute atomic E-state index is 0.252. The molecular weight excluding hydrogens is 331 g/mol. The van der Waals surface area contributed by atoms with Crippen molar-refractivity contribution in [3.8, 4) is 0 Å². The van der Waals surface area contributed by atoms with E-state index in [2.05, 4.69) is 0 Å². The van der Waals surface area contributed by atoms with Crippen molar-refractivity contribution in [1.29, 1.82) is 0 Å². The van der Waals surface area contributed by atoms with Crippen molar-refractivity contribution in [1.82, 2.24) is 4.90 Å². The van der Waals surface area contributed by atoms with E-state index in [1.165, 1.54) is 18.7 Å². The van der Waals surface area contributed by atoms with Crippen molar-refractivity contribution in [2.75, 3.05) is 6.54 Å². The number of sulfone groups is 1.